The van der Waals surface area contributed by atoms with Gasteiger partial charge in [-0.2, -0.15) is 30.9 Å². The van der Waals surface area contributed by atoms with Crippen molar-refractivity contribution < 1.29 is 111 Å². The SMILES string of the molecule is CCC(O)C(CC)(c1ccc(C#N)cc1)n1ncc2c(NS(C)(=O)=O)cc(F)cc21.CCC(O)C(CC)(c1ccc(S(F)(F)(F)(F)F)cc1)n1ncc2c(NS(C)(=O)=O)cc(F)cc21.CCC(c1ccc(C#N)cc1)(C(C)O)n1ncc2c(NS(C)(=O)=O)cc(F)cc21.CCC(c1ccc(S(F)(F)(F)(F)F)cc1)(C(C)O)n1ncc2c(NS(C)(=O)=O)cc(F)cc21. The number of rotatable bonds is 28. The molecule has 46 heteroatoms. The Morgan fingerprint density at radius 1 is 0.357 bits per heavy atom. The van der Waals surface area contributed by atoms with Gasteiger partial charge in [-0.3, -0.25) is 37.6 Å². The number of anilines is 4. The van der Waals surface area contributed by atoms with E-state index in [1.807, 2.05) is 20.8 Å². The molecule has 0 aliphatic carbocycles. The normalized spacial score (nSPS) is 16.3. The molecule has 0 saturated heterocycles. The maximum Gasteiger partial charge on any atom is 0.310 e. The van der Waals surface area contributed by atoms with Gasteiger partial charge in [-0.25, -0.2) is 51.2 Å². The molecule has 0 aliphatic heterocycles. The fourth-order valence-electron chi connectivity index (χ4n) is 15.6. The van der Waals surface area contributed by atoms with Gasteiger partial charge in [0.05, 0.1) is 142 Å². The number of hydrogen-bond donors (Lipinski definition) is 8. The molecule has 0 aliphatic rings. The number of nitriles is 2. The highest BCUT2D eigenvalue weighted by Gasteiger charge is 2.66. The third-order valence-corrected chi connectivity index (χ3v) is 26.0. The van der Waals surface area contributed by atoms with Gasteiger partial charge in [0.15, 0.2) is 0 Å². The topological polar surface area (TPSA) is 384 Å². The number of nitrogens with one attached hydrogen (secondary N) is 4. The van der Waals surface area contributed by atoms with Crippen molar-refractivity contribution in [2.75, 3.05) is 43.9 Å². The van der Waals surface area contributed by atoms with E-state index in [9.17, 15) is 111 Å². The summed E-state index contributed by atoms with van der Waals surface area (Å²) >= 11 is 0. The molecule has 126 heavy (non-hydrogen) atoms. The van der Waals surface area contributed by atoms with E-state index in [0.717, 1.165) is 90.4 Å². The Kier molecular flexibility index (Phi) is 26.8. The minimum absolute atomic E-state index is 0.0116. The molecule has 4 aromatic heterocycles. The molecule has 0 radical (unpaired) electrons. The highest BCUT2D eigenvalue weighted by Crippen LogP contribution is 3.03. The Morgan fingerprint density at radius 2 is 0.556 bits per heavy atom. The molecule has 0 bridgehead atoms. The largest absolute Gasteiger partial charge is 0.391 e. The van der Waals surface area contributed by atoms with Crippen molar-refractivity contribution in [2.45, 2.75) is 150 Å². The maximum atomic E-state index is 14.4. The van der Waals surface area contributed by atoms with Crippen LogP contribution in [0.3, 0.4) is 0 Å². The zero-order valence-electron chi connectivity index (χ0n) is 69.0. The number of aromatic nitrogens is 8. The van der Waals surface area contributed by atoms with E-state index < -0.39 is 140 Å². The van der Waals surface area contributed by atoms with Gasteiger partial charge in [-0.1, -0.05) is 129 Å². The molecule has 8 aromatic carbocycles. The number of aliphatic hydroxyl groups excluding tert-OH is 4. The van der Waals surface area contributed by atoms with E-state index in [4.69, 9.17) is 10.5 Å². The van der Waals surface area contributed by atoms with Crippen LogP contribution >= 0.6 is 20.4 Å². The van der Waals surface area contributed by atoms with Crippen molar-refractivity contribution >= 4 is 127 Å². The lowest BCUT2D eigenvalue weighted by atomic mass is 9.80. The first-order valence-electron chi connectivity index (χ1n) is 37.9. The van der Waals surface area contributed by atoms with Crippen molar-refractivity contribution in [3.8, 4) is 12.1 Å². The highest BCUT2D eigenvalue weighted by molar-refractivity contribution is 8.46. The van der Waals surface area contributed by atoms with E-state index in [2.05, 4.69) is 51.4 Å². The van der Waals surface area contributed by atoms with Crippen LogP contribution in [-0.2, 0) is 62.2 Å². The quantitative estimate of drug-likeness (QED) is 0.0211. The van der Waals surface area contributed by atoms with Crippen molar-refractivity contribution in [3.05, 3.63) is 227 Å². The first kappa shape index (κ1) is 99.0. The zero-order valence-corrected chi connectivity index (χ0v) is 73.9. The van der Waals surface area contributed by atoms with Crippen LogP contribution in [0.1, 0.15) is 127 Å². The Labute approximate surface area is 716 Å². The van der Waals surface area contributed by atoms with Crippen LogP contribution in [0, 0.1) is 45.9 Å². The molecule has 0 amide bonds. The molecule has 12 aromatic rings. The lowest BCUT2D eigenvalue weighted by Gasteiger charge is -2.42. The number of aliphatic hydroxyl groups is 4. The first-order chi connectivity index (χ1) is 57.9. The van der Waals surface area contributed by atoms with Gasteiger partial charge >= 0.3 is 20.4 Å². The number of hydrogen-bond acceptors (Lipinski definition) is 18. The van der Waals surface area contributed by atoms with Gasteiger partial charge in [-0.05, 0) is 172 Å². The molecule has 0 fully saturated rings. The van der Waals surface area contributed by atoms with Crippen LogP contribution in [0.2, 0.25) is 0 Å². The van der Waals surface area contributed by atoms with Crippen LogP contribution in [0.25, 0.3) is 43.6 Å². The Bertz CT molecular complexity index is 6700. The second-order valence-electron chi connectivity index (χ2n) is 29.9. The Balaban J connectivity index is 0.000000190. The van der Waals surface area contributed by atoms with Crippen LogP contribution < -0.4 is 18.9 Å². The molecule has 4 heterocycles. The number of nitrogens with zero attached hydrogens (tertiary/aromatic N) is 10. The lowest BCUT2D eigenvalue weighted by molar-refractivity contribution is 0.0485. The fraction of sp³-hybridized carbons (Fsp3) is 0.325. The monoisotopic (exact) mass is 1890 g/mol. The summed E-state index contributed by atoms with van der Waals surface area (Å²) in [5, 5.41) is 80.0. The number of fused-ring (bicyclic) bond motifs is 4. The van der Waals surface area contributed by atoms with Crippen LogP contribution in [0.5, 0.6) is 0 Å². The van der Waals surface area contributed by atoms with Gasteiger partial charge in [0.25, 0.3) is 0 Å². The summed E-state index contributed by atoms with van der Waals surface area (Å²) in [6.45, 7) is 13.3. The zero-order chi connectivity index (χ0) is 94.4. The molecule has 8 unspecified atom stereocenters. The summed E-state index contributed by atoms with van der Waals surface area (Å²) in [6.07, 6.45) is 6.01. The molecule has 0 spiro atoms. The van der Waals surface area contributed by atoms with Gasteiger partial charge in [0, 0.05) is 21.5 Å². The van der Waals surface area contributed by atoms with E-state index in [1.54, 1.807) is 80.9 Å². The second-order valence-corrected chi connectivity index (χ2v) is 41.8. The Morgan fingerprint density at radius 3 is 0.730 bits per heavy atom. The van der Waals surface area contributed by atoms with Crippen molar-refractivity contribution in [1.29, 1.82) is 10.5 Å². The van der Waals surface area contributed by atoms with Gasteiger partial charge in [0.2, 0.25) is 40.1 Å². The van der Waals surface area contributed by atoms with E-state index in [0.29, 0.717) is 63.3 Å². The van der Waals surface area contributed by atoms with Gasteiger partial charge in [-0.15, -0.1) is 0 Å². The van der Waals surface area contributed by atoms with E-state index in [-0.39, 0.29) is 99.2 Å². The molecule has 0 saturated carbocycles. The van der Waals surface area contributed by atoms with E-state index >= 15 is 0 Å². The molecule has 26 nitrogen and oxygen atoms in total. The Hall–Kier alpha value is -10.8. The molecular weight excluding hydrogens is 1810 g/mol. The average Bonchev–Trinajstić information content (AvgIpc) is 1.53. The van der Waals surface area contributed by atoms with Crippen LogP contribution in [-0.4, -0.2) is 143 Å². The third kappa shape index (κ3) is 20.9. The smallest absolute Gasteiger partial charge is 0.310 e. The summed E-state index contributed by atoms with van der Waals surface area (Å²) in [4.78, 5) is -4.18. The predicted molar refractivity (Wildman–Crippen MR) is 456 cm³/mol. The van der Waals surface area contributed by atoms with E-state index in [1.165, 1.54) is 53.2 Å². The highest BCUT2D eigenvalue weighted by atomic mass is 32.5. The molecule has 12 rings (SSSR count). The van der Waals surface area contributed by atoms with Crippen LogP contribution in [0.15, 0.2) is 180 Å². The molecule has 8 atom stereocenters. The standard InChI is InChI=1S/C21H23FN4O3S.C20H23F6N3O3S2.C20H21FN4O3S.C19H21F6N3O3S2/c1-4-20(27)21(5-2,15-8-6-14(12-23)7-9-15)26-19-11-16(22)10-18(17(19)13-24-26)25-30(3,28)29;1-4-19(30)20(5-2,13-6-8-15(9-7-13)34(22,23,24,25)26)29-18-11-14(21)10-17(16(18)12-27-29)28-33(3,31)32;1-4-20(13(2)26,15-7-5-14(11-22)6-8-15)25-19-10-16(21)9-18(17(19)12-23-25)24-29(3,27)28;1-4-19(12(2)29,13-5-7-15(8-6-13)33(21,22,23,24)25)28-18-10-14(20)9-17(16(18)11-26-28)27-32(3,30)31/h6-11,13,20,25,27H,4-5H2,1-3H3;6-12,19,28,30H,4-5H2,1-3H3;5-10,12-13,24,26H,4H2,1-3H3;5-12,27,29H,4H2,1-3H3. The van der Waals surface area contributed by atoms with Crippen LogP contribution in [0.4, 0.5) is 79.2 Å². The summed E-state index contributed by atoms with van der Waals surface area (Å²) in [5.41, 5.74) is -2.22. The summed E-state index contributed by atoms with van der Waals surface area (Å²) in [7, 11) is -34.7. The van der Waals surface area contributed by atoms with Crippen molar-refractivity contribution in [1.82, 2.24) is 39.1 Å². The van der Waals surface area contributed by atoms with Gasteiger partial charge in [0.1, 0.15) is 55.2 Å². The number of sulfonamides is 4. The maximum absolute atomic E-state index is 14.4. The molecule has 684 valence electrons. The average molecular weight is 1900 g/mol. The number of halogens is 14. The van der Waals surface area contributed by atoms with Crippen molar-refractivity contribution in [3.63, 3.8) is 0 Å². The summed E-state index contributed by atoms with van der Waals surface area (Å²) < 4.78 is 297. The fourth-order valence-corrected chi connectivity index (χ4v) is 19.2. The third-order valence-electron chi connectivity index (χ3n) is 21.3. The first-order valence-corrected chi connectivity index (χ1v) is 49.4. The minimum Gasteiger partial charge on any atom is -0.391 e. The predicted octanol–water partition coefficient (Wildman–Crippen LogP) is 18.2. The molecule has 8 N–H and O–H groups in total. The lowest BCUT2D eigenvalue weighted by Crippen LogP contribution is -2.46. The molecular formula is C80H88F14N14O12S6. The number of benzene rings is 8. The minimum atomic E-state index is -9.93. The van der Waals surface area contributed by atoms with Gasteiger partial charge < -0.3 is 20.4 Å². The summed E-state index contributed by atoms with van der Waals surface area (Å²) in [5.74, 6) is -2.96. The summed E-state index contributed by atoms with van der Waals surface area (Å²) in [6, 6.07) is 30.6. The van der Waals surface area contributed by atoms with Crippen molar-refractivity contribution in [2.24, 2.45) is 0 Å². The second kappa shape index (κ2) is 34.1.